The second-order valence-corrected chi connectivity index (χ2v) is 7.93. The Hall–Kier alpha value is -2.83. The van der Waals surface area contributed by atoms with Crippen LogP contribution in [0.2, 0.25) is 5.02 Å². The third kappa shape index (κ3) is 5.01. The van der Waals surface area contributed by atoms with Crippen LogP contribution >= 0.6 is 22.9 Å². The van der Waals surface area contributed by atoms with E-state index < -0.39 is 5.97 Å². The van der Waals surface area contributed by atoms with E-state index in [2.05, 4.69) is 5.32 Å². The molecule has 0 saturated carbocycles. The number of carbonyl (C=O) groups excluding carboxylic acids is 2. The third-order valence-electron chi connectivity index (χ3n) is 4.59. The number of hydrogen-bond acceptors (Lipinski definition) is 5. The van der Waals surface area contributed by atoms with Gasteiger partial charge >= 0.3 is 5.97 Å². The van der Waals surface area contributed by atoms with Gasteiger partial charge in [0.1, 0.15) is 16.3 Å². The molecule has 5 nitrogen and oxygen atoms in total. The predicted molar refractivity (Wildman–Crippen MR) is 121 cm³/mol. The first-order valence-electron chi connectivity index (χ1n) is 9.44. The molecule has 0 fully saturated rings. The van der Waals surface area contributed by atoms with Crippen LogP contribution in [0.3, 0.4) is 0 Å². The lowest BCUT2D eigenvalue weighted by Crippen LogP contribution is -2.21. The van der Waals surface area contributed by atoms with Gasteiger partial charge in [-0.2, -0.15) is 0 Å². The number of nitrogens with one attached hydrogen (secondary N) is 1. The van der Waals surface area contributed by atoms with Gasteiger partial charge in [0, 0.05) is 16.0 Å². The minimum Gasteiger partial charge on any atom is -0.483 e. The van der Waals surface area contributed by atoms with Gasteiger partial charge in [-0.3, -0.25) is 4.79 Å². The number of carbonyl (C=O) groups is 2. The van der Waals surface area contributed by atoms with Crippen LogP contribution in [0.5, 0.6) is 5.75 Å². The number of halogens is 1. The summed E-state index contributed by atoms with van der Waals surface area (Å²) in [6.07, 6.45) is 0. The number of hydrogen-bond donors (Lipinski definition) is 1. The van der Waals surface area contributed by atoms with E-state index >= 15 is 0 Å². The highest BCUT2D eigenvalue weighted by molar-refractivity contribution is 7.15. The summed E-state index contributed by atoms with van der Waals surface area (Å²) >= 11 is 7.24. The highest BCUT2D eigenvalue weighted by Gasteiger charge is 2.23. The molecule has 1 N–H and O–H groups in total. The van der Waals surface area contributed by atoms with Gasteiger partial charge in [0.15, 0.2) is 6.61 Å². The van der Waals surface area contributed by atoms with Crippen molar-refractivity contribution in [3.05, 3.63) is 69.6 Å². The second kappa shape index (κ2) is 9.78. The van der Waals surface area contributed by atoms with E-state index in [-0.39, 0.29) is 19.1 Å². The molecule has 1 amide bonds. The molecule has 1 aromatic heterocycles. The molecule has 3 rings (SSSR count). The quantitative estimate of drug-likeness (QED) is 0.463. The molecule has 0 radical (unpaired) electrons. The minimum atomic E-state index is -0.491. The van der Waals surface area contributed by atoms with Gasteiger partial charge < -0.3 is 14.8 Å². The van der Waals surface area contributed by atoms with Gasteiger partial charge in [-0.1, -0.05) is 35.9 Å². The number of amides is 1. The van der Waals surface area contributed by atoms with Gasteiger partial charge in [0.25, 0.3) is 5.91 Å². The maximum atomic E-state index is 12.6. The lowest BCUT2D eigenvalue weighted by molar-refractivity contribution is -0.118. The van der Waals surface area contributed by atoms with Gasteiger partial charge in [0.2, 0.25) is 0 Å². The van der Waals surface area contributed by atoms with E-state index in [4.69, 9.17) is 21.1 Å². The number of anilines is 1. The monoisotopic (exact) mass is 443 g/mol. The summed E-state index contributed by atoms with van der Waals surface area (Å²) in [6.45, 7) is 5.73. The van der Waals surface area contributed by atoms with Crippen LogP contribution in [0.25, 0.3) is 11.1 Å². The van der Waals surface area contributed by atoms with Crippen molar-refractivity contribution in [3.63, 3.8) is 0 Å². The molecule has 0 aliphatic carbocycles. The lowest BCUT2D eigenvalue weighted by atomic mass is 10.0. The van der Waals surface area contributed by atoms with Crippen molar-refractivity contribution in [1.82, 2.24) is 0 Å². The van der Waals surface area contributed by atoms with Crippen LogP contribution in [0.4, 0.5) is 5.00 Å². The van der Waals surface area contributed by atoms with E-state index in [0.717, 1.165) is 16.7 Å². The molecular weight excluding hydrogens is 422 g/mol. The maximum absolute atomic E-state index is 12.6. The van der Waals surface area contributed by atoms with Crippen molar-refractivity contribution < 1.29 is 19.1 Å². The molecule has 0 aliphatic rings. The van der Waals surface area contributed by atoms with Crippen molar-refractivity contribution in [2.24, 2.45) is 0 Å². The summed E-state index contributed by atoms with van der Waals surface area (Å²) in [6, 6.07) is 12.8. The molecule has 0 unspecified atom stereocenters. The van der Waals surface area contributed by atoms with Crippen molar-refractivity contribution in [2.75, 3.05) is 18.5 Å². The number of rotatable bonds is 7. The van der Waals surface area contributed by atoms with E-state index in [1.54, 1.807) is 19.1 Å². The Morgan fingerprint density at radius 3 is 2.53 bits per heavy atom. The van der Waals surface area contributed by atoms with Crippen LogP contribution < -0.4 is 10.1 Å². The Bertz CT molecular complexity index is 1060. The second-order valence-electron chi connectivity index (χ2n) is 6.62. The van der Waals surface area contributed by atoms with Crippen LogP contribution in [-0.4, -0.2) is 25.1 Å². The third-order valence-corrected chi connectivity index (χ3v) is 5.74. The topological polar surface area (TPSA) is 64.6 Å². The molecule has 0 spiro atoms. The zero-order valence-electron chi connectivity index (χ0n) is 17.0. The zero-order valence-corrected chi connectivity index (χ0v) is 18.5. The Morgan fingerprint density at radius 1 is 1.10 bits per heavy atom. The van der Waals surface area contributed by atoms with Crippen LogP contribution in [0, 0.1) is 13.8 Å². The fraction of sp³-hybridized carbons (Fsp3) is 0.217. The fourth-order valence-electron chi connectivity index (χ4n) is 2.88. The van der Waals surface area contributed by atoms with Gasteiger partial charge in [-0.25, -0.2) is 4.79 Å². The fourth-order valence-corrected chi connectivity index (χ4v) is 3.98. The maximum Gasteiger partial charge on any atom is 0.341 e. The normalized spacial score (nSPS) is 10.5. The average molecular weight is 444 g/mol. The first-order valence-corrected chi connectivity index (χ1v) is 10.7. The van der Waals surface area contributed by atoms with E-state index in [1.165, 1.54) is 11.3 Å². The molecule has 0 aliphatic heterocycles. The van der Waals surface area contributed by atoms with Crippen LogP contribution in [-0.2, 0) is 9.53 Å². The van der Waals surface area contributed by atoms with Gasteiger partial charge in [-0.15, -0.1) is 11.3 Å². The Morgan fingerprint density at radius 2 is 1.83 bits per heavy atom. The summed E-state index contributed by atoms with van der Waals surface area (Å²) in [4.78, 5) is 25.1. The van der Waals surface area contributed by atoms with Crippen molar-refractivity contribution >= 4 is 39.8 Å². The highest BCUT2D eigenvalue weighted by atomic mass is 35.5. The summed E-state index contributed by atoms with van der Waals surface area (Å²) in [5, 5.41) is 5.62. The molecule has 156 valence electrons. The number of thiophene rings is 1. The van der Waals surface area contributed by atoms with Gasteiger partial charge in [-0.05, 0) is 55.7 Å². The van der Waals surface area contributed by atoms with Crippen molar-refractivity contribution in [2.45, 2.75) is 20.8 Å². The first-order chi connectivity index (χ1) is 14.4. The van der Waals surface area contributed by atoms with Crippen molar-refractivity contribution in [1.29, 1.82) is 0 Å². The number of ether oxygens (including phenoxy) is 2. The number of esters is 1. The molecule has 0 bridgehead atoms. The van der Waals surface area contributed by atoms with E-state index in [1.807, 2.05) is 49.6 Å². The molecule has 2 aromatic carbocycles. The van der Waals surface area contributed by atoms with Crippen molar-refractivity contribution in [3.8, 4) is 16.9 Å². The summed E-state index contributed by atoms with van der Waals surface area (Å²) < 4.78 is 10.9. The first kappa shape index (κ1) is 21.9. The van der Waals surface area contributed by atoms with Crippen LogP contribution in [0.1, 0.15) is 28.4 Å². The summed E-state index contributed by atoms with van der Waals surface area (Å²) in [7, 11) is 0. The molecule has 30 heavy (non-hydrogen) atoms. The Balaban J connectivity index is 1.80. The molecule has 1 heterocycles. The largest absolute Gasteiger partial charge is 0.483 e. The van der Waals surface area contributed by atoms with E-state index in [9.17, 15) is 9.59 Å². The molecule has 7 heteroatoms. The SMILES string of the molecule is CCOC(=O)c1c(-c2ccc(Cl)cc2)csc1NC(=O)COc1cccc(C)c1C. The predicted octanol–water partition coefficient (Wildman–Crippen LogP) is 5.88. The smallest absolute Gasteiger partial charge is 0.341 e. The number of benzene rings is 2. The zero-order chi connectivity index (χ0) is 21.7. The van der Waals surface area contributed by atoms with E-state index in [0.29, 0.717) is 26.9 Å². The standard InChI is InChI=1S/C23H22ClNO4S/c1-4-28-23(27)21-18(16-8-10-17(24)11-9-16)13-30-22(21)25-20(26)12-29-19-7-5-6-14(2)15(19)3/h5-11,13H,4,12H2,1-3H3,(H,25,26). The molecule has 3 aromatic rings. The van der Waals surface area contributed by atoms with Crippen LogP contribution in [0.15, 0.2) is 47.8 Å². The van der Waals surface area contributed by atoms with Gasteiger partial charge in [0.05, 0.1) is 6.61 Å². The molecule has 0 atom stereocenters. The highest BCUT2D eigenvalue weighted by Crippen LogP contribution is 2.36. The average Bonchev–Trinajstić information content (AvgIpc) is 3.13. The summed E-state index contributed by atoms with van der Waals surface area (Å²) in [5.41, 5.74) is 3.89. The number of aryl methyl sites for hydroxylation is 1. The Labute approximate surface area is 184 Å². The molecular formula is C23H22ClNO4S. The summed E-state index contributed by atoms with van der Waals surface area (Å²) in [5.74, 6) is -0.191. The lowest BCUT2D eigenvalue weighted by Gasteiger charge is -2.11. The molecule has 0 saturated heterocycles. The minimum absolute atomic E-state index is 0.166. The Kier molecular flexibility index (Phi) is 7.13.